The van der Waals surface area contributed by atoms with Crippen molar-refractivity contribution in [2.24, 2.45) is 0 Å². The van der Waals surface area contributed by atoms with Crippen LogP contribution in [-0.2, 0) is 0 Å². The number of benzene rings is 2. The summed E-state index contributed by atoms with van der Waals surface area (Å²) in [4.78, 5) is 25.2. The maximum Gasteiger partial charge on any atom is 0.387 e. The van der Waals surface area contributed by atoms with E-state index in [2.05, 4.69) is 15.4 Å². The van der Waals surface area contributed by atoms with Crippen LogP contribution in [-0.4, -0.2) is 18.4 Å². The van der Waals surface area contributed by atoms with E-state index in [1.807, 2.05) is 0 Å². The highest BCUT2D eigenvalue weighted by molar-refractivity contribution is 7.12. The summed E-state index contributed by atoms with van der Waals surface area (Å²) in [5, 5.41) is 7.17. The van der Waals surface area contributed by atoms with Gasteiger partial charge < -0.3 is 15.4 Å². The topological polar surface area (TPSA) is 67.4 Å². The van der Waals surface area contributed by atoms with E-state index in [4.69, 9.17) is 11.6 Å². The number of carbonyl (C=O) groups excluding carboxylic acids is 2. The molecule has 0 aliphatic carbocycles. The van der Waals surface area contributed by atoms with E-state index in [9.17, 15) is 18.4 Å². The van der Waals surface area contributed by atoms with Gasteiger partial charge in [-0.1, -0.05) is 29.8 Å². The number of hydrogen-bond acceptors (Lipinski definition) is 4. The fourth-order valence-corrected chi connectivity index (χ4v) is 3.10. The first-order valence-corrected chi connectivity index (χ1v) is 9.19. The van der Waals surface area contributed by atoms with Gasteiger partial charge in [-0.2, -0.15) is 8.78 Å². The van der Waals surface area contributed by atoms with Gasteiger partial charge in [-0.05, 0) is 41.8 Å². The second-order valence-electron chi connectivity index (χ2n) is 5.45. The van der Waals surface area contributed by atoms with Crippen LogP contribution in [0.4, 0.5) is 20.2 Å². The molecule has 0 fully saturated rings. The maximum atomic E-state index is 12.5. The van der Waals surface area contributed by atoms with Gasteiger partial charge in [0.2, 0.25) is 0 Å². The summed E-state index contributed by atoms with van der Waals surface area (Å²) in [7, 11) is 0. The highest BCUT2D eigenvalue weighted by atomic mass is 35.5. The van der Waals surface area contributed by atoms with Gasteiger partial charge in [0.15, 0.2) is 0 Å². The SMILES string of the molecule is O=C(Nc1ccccc1OC(F)F)c1ccc(Cl)c(NC(=O)c2cccs2)c1. The number of para-hydroxylation sites is 2. The minimum atomic E-state index is -3.02. The number of amides is 2. The van der Waals surface area contributed by atoms with Gasteiger partial charge in [0.1, 0.15) is 5.75 Å². The van der Waals surface area contributed by atoms with Gasteiger partial charge >= 0.3 is 6.61 Å². The summed E-state index contributed by atoms with van der Waals surface area (Å²) >= 11 is 7.37. The second-order valence-corrected chi connectivity index (χ2v) is 6.81. The molecule has 1 heterocycles. The predicted molar refractivity (Wildman–Crippen MR) is 105 cm³/mol. The van der Waals surface area contributed by atoms with Gasteiger partial charge in [-0.25, -0.2) is 0 Å². The van der Waals surface area contributed by atoms with E-state index >= 15 is 0 Å². The Hall–Kier alpha value is -2.97. The molecule has 1 aromatic heterocycles. The smallest absolute Gasteiger partial charge is 0.387 e. The summed E-state index contributed by atoms with van der Waals surface area (Å²) < 4.78 is 29.4. The zero-order chi connectivity index (χ0) is 20.1. The number of anilines is 2. The summed E-state index contributed by atoms with van der Waals surface area (Å²) in [6, 6.07) is 13.5. The van der Waals surface area contributed by atoms with E-state index in [1.54, 1.807) is 23.6 Å². The average molecular weight is 423 g/mol. The van der Waals surface area contributed by atoms with E-state index in [-0.39, 0.29) is 33.6 Å². The minimum Gasteiger partial charge on any atom is -0.433 e. The Morgan fingerprint density at radius 3 is 2.43 bits per heavy atom. The first-order chi connectivity index (χ1) is 13.4. The molecule has 0 spiro atoms. The summed E-state index contributed by atoms with van der Waals surface area (Å²) in [6.07, 6.45) is 0. The summed E-state index contributed by atoms with van der Waals surface area (Å²) in [6.45, 7) is -3.02. The van der Waals surface area contributed by atoms with Crippen LogP contribution in [0.25, 0.3) is 0 Å². The molecule has 2 N–H and O–H groups in total. The van der Waals surface area contributed by atoms with E-state index in [0.29, 0.717) is 4.88 Å². The molecule has 2 aromatic carbocycles. The van der Waals surface area contributed by atoms with Crippen molar-refractivity contribution in [1.29, 1.82) is 0 Å². The molecule has 0 aliphatic heterocycles. The van der Waals surface area contributed by atoms with E-state index in [1.165, 1.54) is 47.7 Å². The van der Waals surface area contributed by atoms with Crippen LogP contribution in [0, 0.1) is 0 Å². The lowest BCUT2D eigenvalue weighted by molar-refractivity contribution is -0.0493. The Bertz CT molecular complexity index is 997. The number of ether oxygens (including phenoxy) is 1. The van der Waals surface area contributed by atoms with Crippen molar-refractivity contribution < 1.29 is 23.1 Å². The van der Waals surface area contributed by atoms with Gasteiger partial charge in [-0.15, -0.1) is 11.3 Å². The molecule has 0 radical (unpaired) electrons. The van der Waals surface area contributed by atoms with Crippen LogP contribution < -0.4 is 15.4 Å². The number of hydrogen-bond donors (Lipinski definition) is 2. The zero-order valence-electron chi connectivity index (χ0n) is 14.1. The molecule has 0 unspecified atom stereocenters. The number of rotatable bonds is 6. The second kappa shape index (κ2) is 8.81. The van der Waals surface area contributed by atoms with Crippen LogP contribution in [0.15, 0.2) is 60.0 Å². The van der Waals surface area contributed by atoms with Crippen molar-refractivity contribution in [1.82, 2.24) is 0 Å². The van der Waals surface area contributed by atoms with Crippen molar-refractivity contribution in [3.63, 3.8) is 0 Å². The monoisotopic (exact) mass is 422 g/mol. The number of carbonyl (C=O) groups is 2. The van der Waals surface area contributed by atoms with Crippen LogP contribution in [0.1, 0.15) is 20.0 Å². The molecule has 2 amide bonds. The summed E-state index contributed by atoms with van der Waals surface area (Å²) in [5.41, 5.74) is 0.523. The molecule has 3 aromatic rings. The van der Waals surface area contributed by atoms with Gasteiger partial charge in [0.25, 0.3) is 11.8 Å². The van der Waals surface area contributed by atoms with Gasteiger partial charge in [0.05, 0.1) is 21.3 Å². The quantitative estimate of drug-likeness (QED) is 0.550. The molecule has 0 aliphatic rings. The average Bonchev–Trinajstić information content (AvgIpc) is 3.19. The van der Waals surface area contributed by atoms with Crippen molar-refractivity contribution in [3.05, 3.63) is 75.4 Å². The fraction of sp³-hybridized carbons (Fsp3) is 0.0526. The minimum absolute atomic E-state index is 0.0897. The van der Waals surface area contributed by atoms with Gasteiger partial charge in [-0.3, -0.25) is 9.59 Å². The normalized spacial score (nSPS) is 10.6. The predicted octanol–water partition coefficient (Wildman–Crippen LogP) is 5.51. The zero-order valence-corrected chi connectivity index (χ0v) is 15.7. The molecule has 28 heavy (non-hydrogen) atoms. The lowest BCUT2D eigenvalue weighted by Gasteiger charge is -2.13. The lowest BCUT2D eigenvalue weighted by atomic mass is 10.1. The molecular formula is C19H13ClF2N2O3S. The third-order valence-corrected chi connectivity index (χ3v) is 4.77. The Morgan fingerprint density at radius 1 is 0.964 bits per heavy atom. The number of alkyl halides is 2. The molecule has 3 rings (SSSR count). The maximum absolute atomic E-state index is 12.5. The van der Waals surface area contributed by atoms with E-state index in [0.717, 1.165) is 0 Å². The van der Waals surface area contributed by atoms with Crippen molar-refractivity contribution in [2.45, 2.75) is 6.61 Å². The Morgan fingerprint density at radius 2 is 1.71 bits per heavy atom. The molecule has 0 bridgehead atoms. The molecule has 0 saturated heterocycles. The molecule has 0 saturated carbocycles. The van der Waals surface area contributed by atoms with Crippen molar-refractivity contribution in [3.8, 4) is 5.75 Å². The van der Waals surface area contributed by atoms with Crippen LogP contribution >= 0.6 is 22.9 Å². The largest absolute Gasteiger partial charge is 0.433 e. The molecule has 0 atom stereocenters. The van der Waals surface area contributed by atoms with Crippen LogP contribution in [0.3, 0.4) is 0 Å². The Balaban J connectivity index is 1.79. The fourth-order valence-electron chi connectivity index (χ4n) is 2.32. The van der Waals surface area contributed by atoms with E-state index < -0.39 is 12.5 Å². The Kier molecular flexibility index (Phi) is 6.23. The molecule has 144 valence electrons. The first-order valence-electron chi connectivity index (χ1n) is 7.93. The van der Waals surface area contributed by atoms with Gasteiger partial charge in [0, 0.05) is 5.56 Å². The third kappa shape index (κ3) is 4.85. The van der Waals surface area contributed by atoms with Crippen molar-refractivity contribution in [2.75, 3.05) is 10.6 Å². The number of thiophene rings is 1. The third-order valence-electron chi connectivity index (χ3n) is 3.57. The summed E-state index contributed by atoms with van der Waals surface area (Å²) in [5.74, 6) is -1.09. The molecular weight excluding hydrogens is 410 g/mol. The van der Waals surface area contributed by atoms with Crippen LogP contribution in [0.5, 0.6) is 5.75 Å². The standard InChI is InChI=1S/C19H13ClF2N2O3S/c20-12-8-7-11(10-14(12)24-18(26)16-6-3-9-28-16)17(25)23-13-4-1-2-5-15(13)27-19(21)22/h1-10,19H,(H,23,25)(H,24,26). The number of halogens is 3. The van der Waals surface area contributed by atoms with Crippen LogP contribution in [0.2, 0.25) is 5.02 Å². The Labute approximate surface area is 167 Å². The molecule has 9 heteroatoms. The first kappa shape index (κ1) is 19.8. The highest BCUT2D eigenvalue weighted by Crippen LogP contribution is 2.28. The van der Waals surface area contributed by atoms with Crippen molar-refractivity contribution >= 4 is 46.1 Å². The number of nitrogens with one attached hydrogen (secondary N) is 2. The lowest BCUT2D eigenvalue weighted by Crippen LogP contribution is -2.15. The molecule has 5 nitrogen and oxygen atoms in total. The highest BCUT2D eigenvalue weighted by Gasteiger charge is 2.15.